The second kappa shape index (κ2) is 9.15. The number of hydrogen-bond donors (Lipinski definition) is 3. The Morgan fingerprint density at radius 2 is 1.61 bits per heavy atom. The molecule has 1 heterocycles. The number of hydrogen-bond acceptors (Lipinski definition) is 5. The van der Waals surface area contributed by atoms with Crippen LogP contribution in [0.4, 0.5) is 11.5 Å². The van der Waals surface area contributed by atoms with Crippen LogP contribution in [0.2, 0.25) is 0 Å². The van der Waals surface area contributed by atoms with Crippen molar-refractivity contribution in [1.29, 1.82) is 0 Å². The summed E-state index contributed by atoms with van der Waals surface area (Å²) >= 11 is 0. The van der Waals surface area contributed by atoms with Gasteiger partial charge < -0.3 is 20.6 Å². The first-order valence-electron chi connectivity index (χ1n) is 11.3. The number of phenols is 1. The number of aromatic nitrogens is 1. The van der Waals surface area contributed by atoms with Gasteiger partial charge in [0.25, 0.3) is 0 Å². The van der Waals surface area contributed by atoms with Crippen LogP contribution in [0.15, 0.2) is 42.5 Å². The van der Waals surface area contributed by atoms with E-state index >= 15 is 0 Å². The Labute approximate surface area is 185 Å². The van der Waals surface area contributed by atoms with Crippen LogP contribution in [0.1, 0.15) is 42.4 Å². The van der Waals surface area contributed by atoms with Crippen molar-refractivity contribution in [2.24, 2.45) is 0 Å². The first-order chi connectivity index (χ1) is 14.9. The van der Waals surface area contributed by atoms with Crippen molar-refractivity contribution in [3.8, 4) is 5.75 Å². The molecule has 1 fully saturated rings. The second-order valence-corrected chi connectivity index (χ2v) is 9.09. The smallest absolute Gasteiger partial charge is 0.128 e. The van der Waals surface area contributed by atoms with E-state index in [-0.39, 0.29) is 0 Å². The number of pyridine rings is 1. The van der Waals surface area contributed by atoms with Crippen LogP contribution in [-0.2, 0) is 6.54 Å². The predicted octanol–water partition coefficient (Wildman–Crippen LogP) is 5.14. The summed E-state index contributed by atoms with van der Waals surface area (Å²) in [6.45, 7) is 4.78. The third kappa shape index (κ3) is 4.93. The Hall–Kier alpha value is -2.79. The number of anilines is 2. The number of phenolic OH excluding ortho intramolecular Hbond substituents is 1. The lowest BCUT2D eigenvalue weighted by atomic mass is 9.91. The van der Waals surface area contributed by atoms with Gasteiger partial charge in [0.1, 0.15) is 11.6 Å². The van der Waals surface area contributed by atoms with E-state index in [2.05, 4.69) is 66.0 Å². The van der Waals surface area contributed by atoms with Crippen molar-refractivity contribution < 1.29 is 5.11 Å². The standard InChI is InChI=1S/C26H34N4O/c1-17-13-19(14-18(2)26(17)31)16-27-20-9-11-21(12-10-20)28-25-15-24(30(3)4)22-7-5-6-8-23(22)29-25/h5-8,13-15,20-21,27,31H,9-12,16H2,1-4H3,(H,28,29). The van der Waals surface area contributed by atoms with Gasteiger partial charge in [-0.1, -0.05) is 30.3 Å². The van der Waals surface area contributed by atoms with Crippen molar-refractivity contribution in [3.63, 3.8) is 0 Å². The molecule has 0 unspecified atom stereocenters. The lowest BCUT2D eigenvalue weighted by Crippen LogP contribution is -2.36. The number of aromatic hydroxyl groups is 1. The third-order valence-corrected chi connectivity index (χ3v) is 6.40. The molecule has 1 aliphatic carbocycles. The summed E-state index contributed by atoms with van der Waals surface area (Å²) in [6, 6.07) is 15.7. The summed E-state index contributed by atoms with van der Waals surface area (Å²) in [7, 11) is 4.17. The fourth-order valence-electron chi connectivity index (χ4n) is 4.66. The van der Waals surface area contributed by atoms with Crippen molar-refractivity contribution in [3.05, 3.63) is 59.2 Å². The molecule has 3 N–H and O–H groups in total. The molecule has 0 bridgehead atoms. The topological polar surface area (TPSA) is 60.4 Å². The highest BCUT2D eigenvalue weighted by Gasteiger charge is 2.21. The lowest BCUT2D eigenvalue weighted by molar-refractivity contribution is 0.352. The van der Waals surface area contributed by atoms with Crippen LogP contribution in [0.5, 0.6) is 5.75 Å². The summed E-state index contributed by atoms with van der Waals surface area (Å²) in [5.74, 6) is 1.38. The van der Waals surface area contributed by atoms with E-state index in [1.165, 1.54) is 16.6 Å². The summed E-state index contributed by atoms with van der Waals surface area (Å²) in [4.78, 5) is 7.01. The zero-order chi connectivity index (χ0) is 22.0. The first kappa shape index (κ1) is 21.4. The van der Waals surface area contributed by atoms with Crippen molar-refractivity contribution >= 4 is 22.4 Å². The Morgan fingerprint density at radius 3 is 2.29 bits per heavy atom. The van der Waals surface area contributed by atoms with Gasteiger partial charge in [-0.25, -0.2) is 4.98 Å². The molecule has 31 heavy (non-hydrogen) atoms. The number of nitrogens with one attached hydrogen (secondary N) is 2. The van der Waals surface area contributed by atoms with Gasteiger partial charge in [0.15, 0.2) is 0 Å². The number of aryl methyl sites for hydroxylation is 2. The van der Waals surface area contributed by atoms with Gasteiger partial charge in [-0.15, -0.1) is 0 Å². The SMILES string of the molecule is Cc1cc(CNC2CCC(Nc3cc(N(C)C)c4ccccc4n3)CC2)cc(C)c1O. The number of para-hydroxylation sites is 1. The highest BCUT2D eigenvalue weighted by atomic mass is 16.3. The zero-order valence-corrected chi connectivity index (χ0v) is 19.1. The van der Waals surface area contributed by atoms with Gasteiger partial charge in [0.05, 0.1) is 5.52 Å². The maximum absolute atomic E-state index is 9.97. The number of fused-ring (bicyclic) bond motifs is 1. The molecule has 0 spiro atoms. The molecule has 5 heteroatoms. The molecule has 2 aromatic carbocycles. The van der Waals surface area contributed by atoms with Gasteiger partial charge in [0, 0.05) is 49.9 Å². The molecule has 0 radical (unpaired) electrons. The first-order valence-corrected chi connectivity index (χ1v) is 11.3. The molecular formula is C26H34N4O. The molecule has 1 saturated carbocycles. The number of nitrogens with zero attached hydrogens (tertiary/aromatic N) is 2. The minimum atomic E-state index is 0.412. The number of benzene rings is 2. The molecular weight excluding hydrogens is 384 g/mol. The van der Waals surface area contributed by atoms with Crippen LogP contribution in [0.25, 0.3) is 10.9 Å². The van der Waals surface area contributed by atoms with Gasteiger partial charge in [-0.2, -0.15) is 0 Å². The monoisotopic (exact) mass is 418 g/mol. The highest BCUT2D eigenvalue weighted by molar-refractivity contribution is 5.93. The molecule has 0 aliphatic heterocycles. The van der Waals surface area contributed by atoms with Gasteiger partial charge >= 0.3 is 0 Å². The molecule has 0 saturated heterocycles. The van der Waals surface area contributed by atoms with Crippen LogP contribution in [0.3, 0.4) is 0 Å². The fourth-order valence-corrected chi connectivity index (χ4v) is 4.66. The molecule has 1 aliphatic rings. The summed E-state index contributed by atoms with van der Waals surface area (Å²) < 4.78 is 0. The largest absolute Gasteiger partial charge is 0.507 e. The van der Waals surface area contributed by atoms with Gasteiger partial charge in [-0.05, 0) is 62.3 Å². The van der Waals surface area contributed by atoms with Crippen molar-refractivity contribution in [1.82, 2.24) is 10.3 Å². The minimum Gasteiger partial charge on any atom is -0.507 e. The van der Waals surface area contributed by atoms with Crippen LogP contribution < -0.4 is 15.5 Å². The van der Waals surface area contributed by atoms with Gasteiger partial charge in [0.2, 0.25) is 0 Å². The second-order valence-electron chi connectivity index (χ2n) is 9.09. The molecule has 4 rings (SSSR count). The maximum atomic E-state index is 9.97. The highest BCUT2D eigenvalue weighted by Crippen LogP contribution is 2.29. The van der Waals surface area contributed by atoms with Crippen molar-refractivity contribution in [2.75, 3.05) is 24.3 Å². The molecule has 0 atom stereocenters. The van der Waals surface area contributed by atoms with E-state index in [1.54, 1.807) is 0 Å². The van der Waals surface area contributed by atoms with Crippen LogP contribution in [-0.4, -0.2) is 36.3 Å². The van der Waals surface area contributed by atoms with Gasteiger partial charge in [-0.3, -0.25) is 0 Å². The minimum absolute atomic E-state index is 0.412. The van der Waals surface area contributed by atoms with E-state index in [0.29, 0.717) is 17.8 Å². The quantitative estimate of drug-likeness (QED) is 0.518. The Balaban J connectivity index is 1.34. The normalized spacial score (nSPS) is 18.8. The average Bonchev–Trinajstić information content (AvgIpc) is 2.76. The number of rotatable bonds is 6. The summed E-state index contributed by atoms with van der Waals surface area (Å²) in [5.41, 5.74) is 5.37. The Morgan fingerprint density at radius 1 is 0.968 bits per heavy atom. The molecule has 5 nitrogen and oxygen atoms in total. The molecule has 0 amide bonds. The maximum Gasteiger partial charge on any atom is 0.128 e. The van der Waals surface area contributed by atoms with Crippen LogP contribution in [0, 0.1) is 13.8 Å². The average molecular weight is 419 g/mol. The Kier molecular flexibility index (Phi) is 6.33. The van der Waals surface area contributed by atoms with E-state index in [0.717, 1.165) is 54.7 Å². The molecule has 3 aromatic rings. The van der Waals surface area contributed by atoms with E-state index in [4.69, 9.17) is 4.98 Å². The Bertz CT molecular complexity index is 1030. The fraction of sp³-hybridized carbons (Fsp3) is 0.423. The molecule has 164 valence electrons. The van der Waals surface area contributed by atoms with Crippen LogP contribution >= 0.6 is 0 Å². The third-order valence-electron chi connectivity index (χ3n) is 6.40. The predicted molar refractivity (Wildman–Crippen MR) is 130 cm³/mol. The van der Waals surface area contributed by atoms with E-state index < -0.39 is 0 Å². The zero-order valence-electron chi connectivity index (χ0n) is 19.1. The molecule has 1 aromatic heterocycles. The summed E-state index contributed by atoms with van der Waals surface area (Å²) in [5, 5.41) is 18.6. The van der Waals surface area contributed by atoms with E-state index in [1.807, 2.05) is 19.9 Å². The summed E-state index contributed by atoms with van der Waals surface area (Å²) in [6.07, 6.45) is 4.58. The van der Waals surface area contributed by atoms with E-state index in [9.17, 15) is 5.11 Å². The lowest BCUT2D eigenvalue weighted by Gasteiger charge is -2.30. The van der Waals surface area contributed by atoms with Crippen molar-refractivity contribution in [2.45, 2.75) is 58.2 Å².